The van der Waals surface area contributed by atoms with Crippen molar-refractivity contribution in [3.63, 3.8) is 0 Å². The molecule has 2 atom stereocenters. The number of nitrogens with zero attached hydrogens (tertiary/aromatic N) is 4. The van der Waals surface area contributed by atoms with E-state index in [4.69, 9.17) is 19.7 Å². The Balaban J connectivity index is 1.03. The molecule has 12 rings (SSSR count). The first-order valence-electron chi connectivity index (χ1n) is 19.1. The molecule has 1 aliphatic carbocycles. The summed E-state index contributed by atoms with van der Waals surface area (Å²) in [6, 6.07) is 58.1. The molecule has 0 fully saturated rings. The predicted octanol–water partition coefficient (Wildman–Crippen LogP) is 12.3. The lowest BCUT2D eigenvalue weighted by Gasteiger charge is -2.22. The highest BCUT2D eigenvalue weighted by molar-refractivity contribution is 6.21. The van der Waals surface area contributed by atoms with Crippen molar-refractivity contribution in [2.75, 3.05) is 0 Å². The second-order valence-electron chi connectivity index (χ2n) is 14.8. The largest absolute Gasteiger partial charge is 0.485 e. The van der Waals surface area contributed by atoms with Crippen LogP contribution >= 0.6 is 0 Å². The topological polar surface area (TPSA) is 52.8 Å². The van der Waals surface area contributed by atoms with Crippen LogP contribution < -0.4 is 4.74 Å². The molecule has 0 amide bonds. The van der Waals surface area contributed by atoms with Gasteiger partial charge in [0.1, 0.15) is 11.9 Å². The molecular weight excluding hydrogens is 685 g/mol. The minimum atomic E-state index is -0.188. The number of rotatable bonds is 4. The standard InChI is InChI=1S/C51H32N4O/c1-3-13-34-28-36(22-20-31(34)10-1)49-52-50(37-23-21-32-11-2-4-14-35(32)29-37)54-51(53-49)41-17-9-19-46-48(41)42-30-38(25-27-45(42)56-46)55-43-18-8-7-16-40(43)47-39-15-6-5-12-33(39)24-26-44(47)55/h1-30,46,48H. The molecular formula is C51H32N4O. The van der Waals surface area contributed by atoms with Gasteiger partial charge in [-0.15, -0.1) is 0 Å². The summed E-state index contributed by atoms with van der Waals surface area (Å²) < 4.78 is 9.08. The molecule has 5 nitrogen and oxygen atoms in total. The van der Waals surface area contributed by atoms with E-state index in [0.717, 1.165) is 44.5 Å². The Hall–Kier alpha value is -7.37. The summed E-state index contributed by atoms with van der Waals surface area (Å²) in [5.74, 6) is 2.70. The molecule has 10 aromatic rings. The average molecular weight is 717 g/mol. The van der Waals surface area contributed by atoms with Gasteiger partial charge in [0.2, 0.25) is 0 Å². The molecule has 0 radical (unpaired) electrons. The third kappa shape index (κ3) is 4.77. The zero-order valence-corrected chi connectivity index (χ0v) is 30.2. The van der Waals surface area contributed by atoms with Gasteiger partial charge in [-0.1, -0.05) is 133 Å². The van der Waals surface area contributed by atoms with Gasteiger partial charge >= 0.3 is 0 Å². The van der Waals surface area contributed by atoms with E-state index in [1.54, 1.807) is 0 Å². The molecule has 2 unspecified atom stereocenters. The number of benzene rings is 8. The fraction of sp³-hybridized carbons (Fsp3) is 0.0392. The smallest absolute Gasteiger partial charge is 0.164 e. The van der Waals surface area contributed by atoms with Crippen LogP contribution in [0.25, 0.3) is 88.2 Å². The highest BCUT2D eigenvalue weighted by Gasteiger charge is 2.39. The fourth-order valence-electron chi connectivity index (χ4n) is 8.94. The monoisotopic (exact) mass is 716 g/mol. The maximum atomic E-state index is 6.69. The third-order valence-corrected chi connectivity index (χ3v) is 11.6. The zero-order chi connectivity index (χ0) is 36.7. The van der Waals surface area contributed by atoms with Crippen LogP contribution in [0, 0.1) is 0 Å². The van der Waals surface area contributed by atoms with Crippen molar-refractivity contribution in [2.24, 2.45) is 0 Å². The Labute approximate surface area is 322 Å². The van der Waals surface area contributed by atoms with Crippen molar-refractivity contribution < 1.29 is 4.74 Å². The first kappa shape index (κ1) is 31.0. The van der Waals surface area contributed by atoms with Gasteiger partial charge in [-0.2, -0.15) is 0 Å². The average Bonchev–Trinajstić information content (AvgIpc) is 3.81. The number of ether oxygens (including phenoxy) is 1. The van der Waals surface area contributed by atoms with Gasteiger partial charge in [-0.25, -0.2) is 15.0 Å². The molecule has 262 valence electrons. The van der Waals surface area contributed by atoms with Gasteiger partial charge in [0, 0.05) is 38.7 Å². The SMILES string of the molecule is C1=CC2Oc3ccc(-n4c5ccccc5c5c6ccccc6ccc54)cc3C2C(c2nc(-c3ccc4ccccc4c3)nc(-c3ccc4ccccc4c3)n2)=C1. The van der Waals surface area contributed by atoms with Gasteiger partial charge < -0.3 is 9.30 Å². The van der Waals surface area contributed by atoms with Gasteiger partial charge in [0.05, 0.1) is 17.0 Å². The van der Waals surface area contributed by atoms with Gasteiger partial charge in [0.25, 0.3) is 0 Å². The van der Waals surface area contributed by atoms with Crippen molar-refractivity contribution in [3.8, 4) is 34.2 Å². The minimum absolute atomic E-state index is 0.111. The quantitative estimate of drug-likeness (QED) is 0.182. The molecule has 0 saturated heterocycles. The van der Waals surface area contributed by atoms with E-state index in [2.05, 4.69) is 187 Å². The summed E-state index contributed by atoms with van der Waals surface area (Å²) in [6.07, 6.45) is 6.20. The summed E-state index contributed by atoms with van der Waals surface area (Å²) >= 11 is 0. The van der Waals surface area contributed by atoms with Crippen LogP contribution in [0.2, 0.25) is 0 Å². The van der Waals surface area contributed by atoms with Crippen molar-refractivity contribution in [2.45, 2.75) is 12.0 Å². The number of allylic oxidation sites excluding steroid dienone is 2. The third-order valence-electron chi connectivity index (χ3n) is 11.6. The van der Waals surface area contributed by atoms with Crippen LogP contribution in [-0.2, 0) is 0 Å². The number of fused-ring (bicyclic) bond motifs is 10. The Morgan fingerprint density at radius 3 is 1.82 bits per heavy atom. The Bertz CT molecular complexity index is 3220. The molecule has 2 aromatic heterocycles. The Morgan fingerprint density at radius 2 is 1.09 bits per heavy atom. The summed E-state index contributed by atoms with van der Waals surface area (Å²) in [6.45, 7) is 0. The van der Waals surface area contributed by atoms with Crippen LogP contribution in [0.1, 0.15) is 17.3 Å². The molecule has 0 N–H and O–H groups in total. The van der Waals surface area contributed by atoms with Gasteiger partial charge in [0.15, 0.2) is 17.5 Å². The molecule has 8 aromatic carbocycles. The summed E-state index contributed by atoms with van der Waals surface area (Å²) in [7, 11) is 0. The molecule has 56 heavy (non-hydrogen) atoms. The maximum Gasteiger partial charge on any atom is 0.164 e. The van der Waals surface area contributed by atoms with Crippen LogP contribution in [0.15, 0.2) is 182 Å². The van der Waals surface area contributed by atoms with Crippen LogP contribution in [0.5, 0.6) is 5.75 Å². The molecule has 0 bridgehead atoms. The summed E-state index contributed by atoms with van der Waals surface area (Å²) in [5.41, 5.74) is 7.46. The fourth-order valence-corrected chi connectivity index (χ4v) is 8.94. The van der Waals surface area contributed by atoms with E-state index in [9.17, 15) is 0 Å². The van der Waals surface area contributed by atoms with Crippen LogP contribution in [0.4, 0.5) is 0 Å². The van der Waals surface area contributed by atoms with E-state index in [-0.39, 0.29) is 12.0 Å². The van der Waals surface area contributed by atoms with E-state index < -0.39 is 0 Å². The second kappa shape index (κ2) is 12.1. The number of hydrogen-bond acceptors (Lipinski definition) is 4. The number of aromatic nitrogens is 4. The first-order chi connectivity index (χ1) is 27.7. The van der Waals surface area contributed by atoms with E-state index in [1.807, 2.05) is 0 Å². The molecule has 0 spiro atoms. The van der Waals surface area contributed by atoms with Crippen molar-refractivity contribution in [1.82, 2.24) is 19.5 Å². The second-order valence-corrected chi connectivity index (χ2v) is 14.8. The minimum Gasteiger partial charge on any atom is -0.485 e. The first-order valence-corrected chi connectivity index (χ1v) is 19.1. The van der Waals surface area contributed by atoms with Gasteiger partial charge in [-0.3, -0.25) is 0 Å². The van der Waals surface area contributed by atoms with E-state index >= 15 is 0 Å². The number of hydrogen-bond donors (Lipinski definition) is 0. The Morgan fingerprint density at radius 1 is 0.482 bits per heavy atom. The normalized spacial score (nSPS) is 16.0. The highest BCUT2D eigenvalue weighted by atomic mass is 16.5. The maximum absolute atomic E-state index is 6.69. The van der Waals surface area contributed by atoms with Crippen LogP contribution in [-0.4, -0.2) is 25.6 Å². The molecule has 2 aliphatic rings. The zero-order valence-electron chi connectivity index (χ0n) is 30.2. The molecule has 3 heterocycles. The van der Waals surface area contributed by atoms with Crippen molar-refractivity contribution in [1.29, 1.82) is 0 Å². The molecule has 5 heteroatoms. The van der Waals surface area contributed by atoms with Crippen LogP contribution in [0.3, 0.4) is 0 Å². The molecule has 0 saturated carbocycles. The van der Waals surface area contributed by atoms with Gasteiger partial charge in [-0.05, 0) is 80.9 Å². The van der Waals surface area contributed by atoms with Crippen molar-refractivity contribution >= 4 is 59.7 Å². The lowest BCUT2D eigenvalue weighted by molar-refractivity contribution is 0.271. The molecule has 1 aliphatic heterocycles. The summed E-state index contributed by atoms with van der Waals surface area (Å²) in [4.78, 5) is 15.6. The highest BCUT2D eigenvalue weighted by Crippen LogP contribution is 2.49. The predicted molar refractivity (Wildman–Crippen MR) is 228 cm³/mol. The number of para-hydroxylation sites is 1. The summed E-state index contributed by atoms with van der Waals surface area (Å²) in [5, 5.41) is 9.63. The van der Waals surface area contributed by atoms with E-state index in [1.165, 1.54) is 43.4 Å². The van der Waals surface area contributed by atoms with E-state index in [0.29, 0.717) is 17.5 Å². The Kier molecular flexibility index (Phi) is 6.69. The lowest BCUT2D eigenvalue weighted by Crippen LogP contribution is -2.21. The lowest BCUT2D eigenvalue weighted by atomic mass is 9.84. The van der Waals surface area contributed by atoms with Crippen molar-refractivity contribution in [3.05, 3.63) is 193 Å².